The first kappa shape index (κ1) is 21.8. The summed E-state index contributed by atoms with van der Waals surface area (Å²) in [5, 5.41) is 0. The van der Waals surface area contributed by atoms with E-state index in [1.165, 1.54) is 17.2 Å². The summed E-state index contributed by atoms with van der Waals surface area (Å²) in [5.74, 6) is 1.09. The van der Waals surface area contributed by atoms with E-state index in [9.17, 15) is 9.59 Å². The maximum atomic E-state index is 12.8. The van der Waals surface area contributed by atoms with Crippen molar-refractivity contribution in [2.45, 2.75) is 90.6 Å². The van der Waals surface area contributed by atoms with Crippen LogP contribution in [0.1, 0.15) is 90.2 Å². The van der Waals surface area contributed by atoms with Crippen molar-refractivity contribution in [2.24, 2.45) is 11.8 Å². The Kier molecular flexibility index (Phi) is 6.65. The molecule has 2 aliphatic carbocycles. The van der Waals surface area contributed by atoms with Crippen LogP contribution in [-0.2, 0) is 19.7 Å². The number of ether oxygens (including phenoxy) is 1. The van der Waals surface area contributed by atoms with Crippen molar-refractivity contribution in [3.63, 3.8) is 0 Å². The molecule has 0 aromatic heterocycles. The molecule has 1 aromatic rings. The first-order valence-corrected chi connectivity index (χ1v) is 11.2. The van der Waals surface area contributed by atoms with Crippen LogP contribution in [0.25, 0.3) is 0 Å². The number of hydrogen-bond acceptors (Lipinski definition) is 3. The predicted octanol–water partition coefficient (Wildman–Crippen LogP) is 6.12. The first-order valence-electron chi connectivity index (χ1n) is 11.2. The number of carbonyl (C=O) groups is 2. The molecule has 3 atom stereocenters. The molecule has 29 heavy (non-hydrogen) atoms. The molecule has 0 aliphatic heterocycles. The number of allylic oxidation sites excluding steroid dienone is 1. The van der Waals surface area contributed by atoms with Gasteiger partial charge in [0.25, 0.3) is 0 Å². The molecule has 0 bridgehead atoms. The van der Waals surface area contributed by atoms with Gasteiger partial charge >= 0.3 is 5.97 Å². The van der Waals surface area contributed by atoms with E-state index in [-0.39, 0.29) is 29.2 Å². The highest BCUT2D eigenvalue weighted by molar-refractivity contribution is 6.00. The summed E-state index contributed by atoms with van der Waals surface area (Å²) in [6, 6.07) is 8.95. The molecule has 2 aliphatic rings. The molecule has 1 aromatic carbocycles. The lowest BCUT2D eigenvalue weighted by atomic mass is 9.64. The number of benzene rings is 1. The lowest BCUT2D eigenvalue weighted by Gasteiger charge is -2.44. The van der Waals surface area contributed by atoms with Gasteiger partial charge in [-0.2, -0.15) is 0 Å². The highest BCUT2D eigenvalue weighted by Gasteiger charge is 2.42. The molecule has 0 amide bonds. The van der Waals surface area contributed by atoms with Crippen LogP contribution in [0.5, 0.6) is 0 Å². The standard InChI is InChI=1S/C26H36O3/c1-17(2)19-10-12-21(13-11-19)26(4,5)23-14-9-18(3)15-24(23)29-25(28)20-7-6-8-22(27)16-20/h10-13,16-18,23-24H,6-9,14-15H2,1-5H3/t18-,23-,24-/m1/s1. The minimum Gasteiger partial charge on any atom is -0.459 e. The van der Waals surface area contributed by atoms with Crippen LogP contribution >= 0.6 is 0 Å². The van der Waals surface area contributed by atoms with Crippen LogP contribution in [0.4, 0.5) is 0 Å². The van der Waals surface area contributed by atoms with Crippen LogP contribution in [-0.4, -0.2) is 17.9 Å². The Morgan fingerprint density at radius 3 is 2.41 bits per heavy atom. The molecule has 0 heterocycles. The average molecular weight is 397 g/mol. The van der Waals surface area contributed by atoms with Crippen molar-refractivity contribution in [1.29, 1.82) is 0 Å². The summed E-state index contributed by atoms with van der Waals surface area (Å²) in [6.45, 7) is 11.2. The number of ketones is 1. The van der Waals surface area contributed by atoms with Gasteiger partial charge in [0.15, 0.2) is 5.78 Å². The minimum absolute atomic E-state index is 0.0438. The predicted molar refractivity (Wildman–Crippen MR) is 117 cm³/mol. The number of carbonyl (C=O) groups excluding carboxylic acids is 2. The zero-order valence-corrected chi connectivity index (χ0v) is 18.7. The maximum absolute atomic E-state index is 12.8. The third kappa shape index (κ3) is 4.99. The first-order chi connectivity index (χ1) is 13.7. The molecule has 1 saturated carbocycles. The fourth-order valence-corrected chi connectivity index (χ4v) is 4.96. The average Bonchev–Trinajstić information content (AvgIpc) is 2.68. The molecule has 158 valence electrons. The molecule has 0 unspecified atom stereocenters. The van der Waals surface area contributed by atoms with Crippen molar-refractivity contribution < 1.29 is 14.3 Å². The number of hydrogen-bond donors (Lipinski definition) is 0. The second-order valence-electron chi connectivity index (χ2n) is 9.96. The summed E-state index contributed by atoms with van der Waals surface area (Å²) in [7, 11) is 0. The van der Waals surface area contributed by atoms with E-state index in [0.29, 0.717) is 30.3 Å². The smallest absolute Gasteiger partial charge is 0.334 e. The van der Waals surface area contributed by atoms with Crippen LogP contribution in [0, 0.1) is 11.8 Å². The topological polar surface area (TPSA) is 43.4 Å². The normalized spacial score (nSPS) is 25.7. The summed E-state index contributed by atoms with van der Waals surface area (Å²) >= 11 is 0. The lowest BCUT2D eigenvalue weighted by Crippen LogP contribution is -2.43. The second-order valence-corrected chi connectivity index (χ2v) is 9.96. The van der Waals surface area contributed by atoms with Gasteiger partial charge in [0.2, 0.25) is 0 Å². The molecule has 0 N–H and O–H groups in total. The minimum atomic E-state index is -0.284. The van der Waals surface area contributed by atoms with Gasteiger partial charge in [-0.3, -0.25) is 4.79 Å². The van der Waals surface area contributed by atoms with Crippen molar-refractivity contribution in [3.05, 3.63) is 47.0 Å². The van der Waals surface area contributed by atoms with Crippen LogP contribution in [0.3, 0.4) is 0 Å². The Hall–Kier alpha value is -1.90. The Labute approximate surface area is 175 Å². The lowest BCUT2D eigenvalue weighted by molar-refractivity contribution is -0.152. The molecular formula is C26H36O3. The van der Waals surface area contributed by atoms with E-state index in [0.717, 1.165) is 25.7 Å². The Morgan fingerprint density at radius 2 is 1.79 bits per heavy atom. The van der Waals surface area contributed by atoms with E-state index in [1.807, 2.05) is 0 Å². The van der Waals surface area contributed by atoms with Crippen LogP contribution in [0.2, 0.25) is 0 Å². The fourth-order valence-electron chi connectivity index (χ4n) is 4.96. The molecule has 0 radical (unpaired) electrons. The highest BCUT2D eigenvalue weighted by atomic mass is 16.5. The highest BCUT2D eigenvalue weighted by Crippen LogP contribution is 2.44. The van der Waals surface area contributed by atoms with E-state index in [1.54, 1.807) is 0 Å². The van der Waals surface area contributed by atoms with Crippen molar-refractivity contribution in [2.75, 3.05) is 0 Å². The third-order valence-electron chi connectivity index (χ3n) is 7.03. The van der Waals surface area contributed by atoms with Gasteiger partial charge in [-0.25, -0.2) is 4.79 Å². The quantitative estimate of drug-likeness (QED) is 0.564. The van der Waals surface area contributed by atoms with E-state index >= 15 is 0 Å². The van der Waals surface area contributed by atoms with Gasteiger partial charge < -0.3 is 4.74 Å². The van der Waals surface area contributed by atoms with Gasteiger partial charge in [-0.15, -0.1) is 0 Å². The summed E-state index contributed by atoms with van der Waals surface area (Å²) < 4.78 is 6.07. The van der Waals surface area contributed by atoms with Gasteiger partial charge in [0.1, 0.15) is 6.10 Å². The van der Waals surface area contributed by atoms with Crippen molar-refractivity contribution in [1.82, 2.24) is 0 Å². The van der Waals surface area contributed by atoms with Crippen LogP contribution < -0.4 is 0 Å². The summed E-state index contributed by atoms with van der Waals surface area (Å²) in [4.78, 5) is 24.5. The Bertz CT molecular complexity index is 770. The molecule has 0 spiro atoms. The Morgan fingerprint density at radius 1 is 1.10 bits per heavy atom. The van der Waals surface area contributed by atoms with Gasteiger partial charge in [0.05, 0.1) is 0 Å². The van der Waals surface area contributed by atoms with E-state index in [2.05, 4.69) is 58.9 Å². The zero-order chi connectivity index (χ0) is 21.2. The van der Waals surface area contributed by atoms with E-state index in [4.69, 9.17) is 4.74 Å². The molecule has 3 rings (SSSR count). The second kappa shape index (κ2) is 8.85. The summed E-state index contributed by atoms with van der Waals surface area (Å²) in [5.41, 5.74) is 3.11. The van der Waals surface area contributed by atoms with Crippen LogP contribution in [0.15, 0.2) is 35.9 Å². The number of esters is 1. The number of rotatable bonds is 5. The monoisotopic (exact) mass is 396 g/mol. The molecule has 3 nitrogen and oxygen atoms in total. The third-order valence-corrected chi connectivity index (χ3v) is 7.03. The molecular weight excluding hydrogens is 360 g/mol. The zero-order valence-electron chi connectivity index (χ0n) is 18.7. The molecule has 3 heteroatoms. The Balaban J connectivity index is 1.81. The van der Waals surface area contributed by atoms with Gasteiger partial charge in [-0.05, 0) is 60.1 Å². The van der Waals surface area contributed by atoms with Gasteiger partial charge in [-0.1, -0.05) is 65.3 Å². The fraction of sp³-hybridized carbons (Fsp3) is 0.615. The van der Waals surface area contributed by atoms with Gasteiger partial charge in [0, 0.05) is 17.9 Å². The molecule has 1 fully saturated rings. The maximum Gasteiger partial charge on any atom is 0.334 e. The molecule has 0 saturated heterocycles. The van der Waals surface area contributed by atoms with E-state index < -0.39 is 0 Å². The van der Waals surface area contributed by atoms with Crippen molar-refractivity contribution in [3.8, 4) is 0 Å². The summed E-state index contributed by atoms with van der Waals surface area (Å²) in [6.07, 6.45) is 6.44. The SMILES string of the molecule is CC(C)c1ccc(C(C)(C)[C@@H]2CC[C@@H](C)C[C@H]2OC(=O)C2=CC(=O)CCC2)cc1. The van der Waals surface area contributed by atoms with Crippen molar-refractivity contribution >= 4 is 11.8 Å². The largest absolute Gasteiger partial charge is 0.459 e.